The van der Waals surface area contributed by atoms with Crippen LogP contribution in [0.1, 0.15) is 44.9 Å². The smallest absolute Gasteiger partial charge is 0.228 e. The molecular formula is C26H33N7O. The Hall–Kier alpha value is -3.26. The largest absolute Gasteiger partial charge is 0.375 e. The van der Waals surface area contributed by atoms with Gasteiger partial charge in [-0.2, -0.15) is 0 Å². The van der Waals surface area contributed by atoms with Crippen molar-refractivity contribution in [2.45, 2.75) is 39.7 Å². The van der Waals surface area contributed by atoms with Crippen molar-refractivity contribution in [2.75, 3.05) is 42.6 Å². The molecule has 8 nitrogen and oxygen atoms in total. The number of pyridine rings is 2. The number of piperidine rings is 1. The molecule has 0 spiro atoms. The fourth-order valence-corrected chi connectivity index (χ4v) is 4.96. The van der Waals surface area contributed by atoms with E-state index in [0.717, 1.165) is 65.7 Å². The molecule has 5 heterocycles. The maximum atomic E-state index is 12.7. The lowest BCUT2D eigenvalue weighted by Crippen LogP contribution is -2.36. The lowest BCUT2D eigenvalue weighted by molar-refractivity contribution is -0.121. The Morgan fingerprint density at radius 3 is 2.79 bits per heavy atom. The van der Waals surface area contributed by atoms with E-state index < -0.39 is 0 Å². The Balaban J connectivity index is 1.36. The normalized spacial score (nSPS) is 20.4. The molecule has 2 aromatic heterocycles. The van der Waals surface area contributed by atoms with E-state index in [0.29, 0.717) is 18.3 Å². The van der Waals surface area contributed by atoms with E-state index in [1.807, 2.05) is 18.3 Å². The first-order chi connectivity index (χ1) is 16.4. The quantitative estimate of drug-likeness (QED) is 0.636. The van der Waals surface area contributed by atoms with E-state index >= 15 is 0 Å². The monoisotopic (exact) mass is 459 g/mol. The first kappa shape index (κ1) is 22.5. The van der Waals surface area contributed by atoms with Crippen LogP contribution in [-0.2, 0) is 4.79 Å². The maximum absolute atomic E-state index is 12.7. The van der Waals surface area contributed by atoms with Crippen molar-refractivity contribution in [1.82, 2.24) is 14.9 Å². The third kappa shape index (κ3) is 4.42. The lowest BCUT2D eigenvalue weighted by atomic mass is 9.96. The standard InChI is InChI=1S/C26H33N7O/c1-15(2)24-16(3)29-22-14-28-20(13-21(22)30-24)18-7-10-27-25-19(18)5-6-23(31-25)32-26(34)17-8-11-33(4)12-9-17/h5-7,13-15,17,24,30H,8-12H2,1-4H3,(H2,27,31,32,34)/t24-/m0/s1. The van der Waals surface area contributed by atoms with Gasteiger partial charge in [0, 0.05) is 29.3 Å². The van der Waals surface area contributed by atoms with E-state index in [-0.39, 0.29) is 17.9 Å². The second-order valence-corrected chi connectivity index (χ2v) is 9.86. The van der Waals surface area contributed by atoms with Crippen molar-refractivity contribution in [2.24, 2.45) is 16.8 Å². The summed E-state index contributed by atoms with van der Waals surface area (Å²) in [5.41, 5.74) is 5.86. The number of aliphatic imine (C=N–C) groups is 1. The van der Waals surface area contributed by atoms with Crippen molar-refractivity contribution in [1.29, 1.82) is 0 Å². The number of nitrogens with zero attached hydrogens (tertiary/aromatic N) is 4. The Bertz CT molecular complexity index is 1160. The molecule has 1 fully saturated rings. The number of carbonyl (C=O) groups is 1. The van der Waals surface area contributed by atoms with Crippen molar-refractivity contribution >= 4 is 40.2 Å². The Labute approximate surface area is 201 Å². The zero-order valence-corrected chi connectivity index (χ0v) is 20.4. The SMILES string of the molecule is CC1=Nc2cnc(C3=CCNc4nc(NC(=O)C5CCN(C)CC5)ccc43)cc2N[C@H]1C(C)C. The number of hydrogen-bond acceptors (Lipinski definition) is 7. The minimum absolute atomic E-state index is 0.0469. The molecule has 1 atom stereocenters. The van der Waals surface area contributed by atoms with Gasteiger partial charge >= 0.3 is 0 Å². The van der Waals surface area contributed by atoms with Crippen LogP contribution in [0.3, 0.4) is 0 Å². The van der Waals surface area contributed by atoms with Crippen LogP contribution < -0.4 is 16.0 Å². The molecule has 1 amide bonds. The predicted octanol–water partition coefficient (Wildman–Crippen LogP) is 4.16. The molecule has 178 valence electrons. The third-order valence-electron chi connectivity index (χ3n) is 6.99. The number of likely N-dealkylation sites (tertiary alicyclic amines) is 1. The Morgan fingerprint density at radius 1 is 1.24 bits per heavy atom. The second kappa shape index (κ2) is 9.18. The fraction of sp³-hybridized carbons (Fsp3) is 0.462. The van der Waals surface area contributed by atoms with Gasteiger partial charge in [0.2, 0.25) is 5.91 Å². The average Bonchev–Trinajstić information content (AvgIpc) is 2.83. The van der Waals surface area contributed by atoms with Gasteiger partial charge in [0.15, 0.2) is 0 Å². The minimum Gasteiger partial charge on any atom is -0.375 e. The van der Waals surface area contributed by atoms with Crippen LogP contribution in [0, 0.1) is 11.8 Å². The van der Waals surface area contributed by atoms with Gasteiger partial charge < -0.3 is 20.9 Å². The molecule has 0 unspecified atom stereocenters. The van der Waals surface area contributed by atoms with Crippen LogP contribution in [0.5, 0.6) is 0 Å². The first-order valence-electron chi connectivity index (χ1n) is 12.2. The summed E-state index contributed by atoms with van der Waals surface area (Å²) >= 11 is 0. The molecule has 1 saturated heterocycles. The number of anilines is 3. The summed E-state index contributed by atoms with van der Waals surface area (Å²) in [6.45, 7) is 9.02. The summed E-state index contributed by atoms with van der Waals surface area (Å²) in [6.07, 6.45) is 5.74. The highest BCUT2D eigenvalue weighted by Gasteiger charge is 2.26. The van der Waals surface area contributed by atoms with Crippen LogP contribution in [-0.4, -0.2) is 59.2 Å². The summed E-state index contributed by atoms with van der Waals surface area (Å²) in [4.78, 5) is 29.2. The lowest BCUT2D eigenvalue weighted by Gasteiger charge is -2.29. The number of amides is 1. The molecule has 0 aliphatic carbocycles. The molecule has 0 aromatic carbocycles. The van der Waals surface area contributed by atoms with Crippen LogP contribution in [0.25, 0.3) is 5.57 Å². The average molecular weight is 460 g/mol. The van der Waals surface area contributed by atoms with Crippen LogP contribution in [0.4, 0.5) is 23.0 Å². The number of nitrogens with one attached hydrogen (secondary N) is 3. The summed E-state index contributed by atoms with van der Waals surface area (Å²) in [7, 11) is 2.10. The van der Waals surface area contributed by atoms with Gasteiger partial charge in [-0.25, -0.2) is 4.98 Å². The van der Waals surface area contributed by atoms with Gasteiger partial charge in [-0.1, -0.05) is 19.9 Å². The maximum Gasteiger partial charge on any atom is 0.228 e. The Morgan fingerprint density at radius 2 is 2.03 bits per heavy atom. The zero-order chi connectivity index (χ0) is 23.8. The molecular weight excluding hydrogens is 426 g/mol. The predicted molar refractivity (Wildman–Crippen MR) is 138 cm³/mol. The van der Waals surface area contributed by atoms with Crippen LogP contribution in [0.15, 0.2) is 35.5 Å². The van der Waals surface area contributed by atoms with E-state index in [1.54, 1.807) is 0 Å². The Kier molecular flexibility index (Phi) is 6.08. The summed E-state index contributed by atoms with van der Waals surface area (Å²) in [5.74, 6) is 1.90. The summed E-state index contributed by atoms with van der Waals surface area (Å²) in [5, 5.41) is 10.00. The highest BCUT2D eigenvalue weighted by atomic mass is 16.1. The van der Waals surface area contributed by atoms with Crippen molar-refractivity contribution in [3.8, 4) is 0 Å². The highest BCUT2D eigenvalue weighted by Crippen LogP contribution is 2.37. The summed E-state index contributed by atoms with van der Waals surface area (Å²) in [6, 6.07) is 6.19. The highest BCUT2D eigenvalue weighted by molar-refractivity contribution is 5.97. The zero-order valence-electron chi connectivity index (χ0n) is 20.4. The molecule has 0 radical (unpaired) electrons. The topological polar surface area (TPSA) is 94.5 Å². The molecule has 8 heteroatoms. The molecule has 34 heavy (non-hydrogen) atoms. The van der Waals surface area contributed by atoms with Crippen molar-refractivity contribution in [3.63, 3.8) is 0 Å². The van der Waals surface area contributed by atoms with Crippen molar-refractivity contribution < 1.29 is 4.79 Å². The van der Waals surface area contributed by atoms with E-state index in [4.69, 9.17) is 15.0 Å². The van der Waals surface area contributed by atoms with Gasteiger partial charge in [0.05, 0.1) is 23.6 Å². The number of rotatable bonds is 4. The van der Waals surface area contributed by atoms with Gasteiger partial charge in [-0.15, -0.1) is 0 Å². The van der Waals surface area contributed by atoms with Gasteiger partial charge in [-0.3, -0.25) is 14.8 Å². The van der Waals surface area contributed by atoms with Gasteiger partial charge in [0.1, 0.15) is 17.3 Å². The van der Waals surface area contributed by atoms with Gasteiger partial charge in [-0.05, 0) is 64.0 Å². The van der Waals surface area contributed by atoms with E-state index in [9.17, 15) is 4.79 Å². The number of aromatic nitrogens is 2. The number of carbonyl (C=O) groups excluding carboxylic acids is 1. The molecule has 0 bridgehead atoms. The first-order valence-corrected chi connectivity index (χ1v) is 12.2. The molecule has 3 aliphatic heterocycles. The molecule has 3 N–H and O–H groups in total. The van der Waals surface area contributed by atoms with Crippen LogP contribution in [0.2, 0.25) is 0 Å². The van der Waals surface area contributed by atoms with Crippen LogP contribution >= 0.6 is 0 Å². The van der Waals surface area contributed by atoms with Crippen molar-refractivity contribution in [3.05, 3.63) is 41.7 Å². The second-order valence-electron chi connectivity index (χ2n) is 9.86. The van der Waals surface area contributed by atoms with Gasteiger partial charge in [0.25, 0.3) is 0 Å². The number of fused-ring (bicyclic) bond motifs is 2. The third-order valence-corrected chi connectivity index (χ3v) is 6.99. The number of hydrogen-bond donors (Lipinski definition) is 3. The minimum atomic E-state index is 0.0469. The fourth-order valence-electron chi connectivity index (χ4n) is 4.96. The summed E-state index contributed by atoms with van der Waals surface area (Å²) < 4.78 is 0. The van der Waals surface area contributed by atoms with E-state index in [1.165, 1.54) is 0 Å². The van der Waals surface area contributed by atoms with E-state index in [2.05, 4.69) is 60.8 Å². The molecule has 3 aliphatic rings. The molecule has 5 rings (SSSR count). The molecule has 0 saturated carbocycles. The molecule has 2 aromatic rings.